The molecule has 0 saturated heterocycles. The summed E-state index contributed by atoms with van der Waals surface area (Å²) in [7, 11) is 0. The molecule has 108 valence electrons. The second-order valence-electron chi connectivity index (χ2n) is 4.18. The minimum Gasteiger partial charge on any atom is -0.392 e. The number of benzene rings is 1. The molecule has 0 atom stereocenters. The Morgan fingerprint density at radius 2 is 1.80 bits per heavy atom. The highest BCUT2D eigenvalue weighted by atomic mass is 19.4. The molecule has 2 aromatic rings. The quantitative estimate of drug-likeness (QED) is 0.878. The van der Waals surface area contributed by atoms with Crippen LogP contribution in [0.15, 0.2) is 30.5 Å². The van der Waals surface area contributed by atoms with E-state index >= 15 is 0 Å². The number of rotatable bonds is 4. The van der Waals surface area contributed by atoms with E-state index in [-0.39, 0.29) is 19.0 Å². The number of aryl methyl sites for hydroxylation is 1. The molecule has 0 aliphatic carbocycles. The van der Waals surface area contributed by atoms with Gasteiger partial charge in [-0.2, -0.15) is 13.2 Å². The fraction of sp³-hybridized carbons (Fsp3) is 0.308. The van der Waals surface area contributed by atoms with Gasteiger partial charge in [0.1, 0.15) is 12.5 Å². The lowest BCUT2D eigenvalue weighted by Gasteiger charge is -2.05. The van der Waals surface area contributed by atoms with E-state index in [1.54, 1.807) is 24.3 Å². The summed E-state index contributed by atoms with van der Waals surface area (Å²) in [6, 6.07) is 6.25. The summed E-state index contributed by atoms with van der Waals surface area (Å²) < 4.78 is 51.5. The van der Waals surface area contributed by atoms with E-state index in [1.807, 2.05) is 0 Å². The first-order chi connectivity index (χ1) is 9.45. The highest BCUT2D eigenvalue weighted by Gasteiger charge is 2.34. The monoisotopic (exact) mass is 288 g/mol. The number of hydrogen-bond acceptors (Lipinski definition) is 2. The summed E-state index contributed by atoms with van der Waals surface area (Å²) in [6.45, 7) is -1.14. The Hall–Kier alpha value is -1.89. The molecule has 1 N–H and O–H groups in total. The molecule has 0 radical (unpaired) electrons. The van der Waals surface area contributed by atoms with Crippen molar-refractivity contribution in [3.8, 4) is 11.4 Å². The predicted octanol–water partition coefficient (Wildman–Crippen LogP) is 3.03. The van der Waals surface area contributed by atoms with Crippen molar-refractivity contribution in [1.29, 1.82) is 0 Å². The van der Waals surface area contributed by atoms with Crippen molar-refractivity contribution in [2.75, 3.05) is 6.67 Å². The number of halogens is 4. The average molecular weight is 288 g/mol. The van der Waals surface area contributed by atoms with Gasteiger partial charge in [-0.25, -0.2) is 9.37 Å². The van der Waals surface area contributed by atoms with E-state index in [2.05, 4.69) is 4.98 Å². The van der Waals surface area contributed by atoms with Crippen molar-refractivity contribution in [2.24, 2.45) is 0 Å². The van der Waals surface area contributed by atoms with Gasteiger partial charge in [0.05, 0.1) is 13.2 Å². The maximum atomic E-state index is 12.7. The Morgan fingerprint density at radius 3 is 2.30 bits per heavy atom. The van der Waals surface area contributed by atoms with Crippen LogP contribution in [0.2, 0.25) is 0 Å². The maximum Gasteiger partial charge on any atom is 0.434 e. The Bertz CT molecular complexity index is 575. The first-order valence-electron chi connectivity index (χ1n) is 5.86. The minimum absolute atomic E-state index is 0.0551. The summed E-state index contributed by atoms with van der Waals surface area (Å²) in [4.78, 5) is 3.53. The molecule has 2 rings (SSSR count). The van der Waals surface area contributed by atoms with Crippen LogP contribution in [-0.4, -0.2) is 21.3 Å². The second-order valence-corrected chi connectivity index (χ2v) is 4.18. The van der Waals surface area contributed by atoms with E-state index in [1.165, 1.54) is 0 Å². The van der Waals surface area contributed by atoms with Crippen molar-refractivity contribution >= 4 is 0 Å². The smallest absolute Gasteiger partial charge is 0.392 e. The molecule has 1 heterocycles. The topological polar surface area (TPSA) is 38.1 Å². The number of hydrogen-bond donors (Lipinski definition) is 1. The van der Waals surface area contributed by atoms with E-state index in [9.17, 15) is 17.6 Å². The van der Waals surface area contributed by atoms with Crippen LogP contribution < -0.4 is 0 Å². The molecule has 7 heteroatoms. The summed E-state index contributed by atoms with van der Waals surface area (Å²) in [5, 5.41) is 8.93. The summed E-state index contributed by atoms with van der Waals surface area (Å²) in [5.74, 6) is 0.0551. The standard InChI is InChI=1S/C13H12F4N2O/c14-5-6-19-7-11(13(15,16)17)18-12(19)10-3-1-9(8-20)2-4-10/h1-4,7,20H,5-6,8H2. The molecule has 0 bridgehead atoms. The van der Waals surface area contributed by atoms with Crippen LogP contribution >= 0.6 is 0 Å². The van der Waals surface area contributed by atoms with Crippen molar-refractivity contribution in [3.05, 3.63) is 41.7 Å². The average Bonchev–Trinajstić information content (AvgIpc) is 2.83. The zero-order chi connectivity index (χ0) is 14.8. The van der Waals surface area contributed by atoms with Gasteiger partial charge in [-0.1, -0.05) is 24.3 Å². The SMILES string of the molecule is OCc1ccc(-c2nc(C(F)(F)F)cn2CCF)cc1. The number of aliphatic hydroxyl groups excluding tert-OH is 1. The minimum atomic E-state index is -4.57. The predicted molar refractivity (Wildman–Crippen MR) is 64.6 cm³/mol. The Morgan fingerprint density at radius 1 is 1.15 bits per heavy atom. The zero-order valence-corrected chi connectivity index (χ0v) is 10.4. The molecule has 0 fully saturated rings. The lowest BCUT2D eigenvalue weighted by Crippen LogP contribution is -2.05. The molecule has 0 aliphatic rings. The number of nitrogens with zero attached hydrogens (tertiary/aromatic N) is 2. The zero-order valence-electron chi connectivity index (χ0n) is 10.4. The number of imidazole rings is 1. The third-order valence-electron chi connectivity index (χ3n) is 2.79. The molecule has 0 unspecified atom stereocenters. The van der Waals surface area contributed by atoms with Crippen LogP contribution in [-0.2, 0) is 19.3 Å². The molecule has 0 spiro atoms. The van der Waals surface area contributed by atoms with Crippen LogP contribution in [0.3, 0.4) is 0 Å². The lowest BCUT2D eigenvalue weighted by atomic mass is 10.1. The van der Waals surface area contributed by atoms with Crippen LogP contribution in [0, 0.1) is 0 Å². The number of aliphatic hydroxyl groups is 1. The van der Waals surface area contributed by atoms with Gasteiger partial charge >= 0.3 is 6.18 Å². The van der Waals surface area contributed by atoms with Gasteiger partial charge in [0.25, 0.3) is 0 Å². The number of alkyl halides is 4. The molecular formula is C13H12F4N2O. The van der Waals surface area contributed by atoms with E-state index < -0.39 is 18.5 Å². The van der Waals surface area contributed by atoms with Gasteiger partial charge in [-0.3, -0.25) is 0 Å². The Labute approximate surface area is 112 Å². The molecule has 0 aliphatic heterocycles. The van der Waals surface area contributed by atoms with Gasteiger partial charge < -0.3 is 9.67 Å². The summed E-state index contributed by atoms with van der Waals surface area (Å²) >= 11 is 0. The maximum absolute atomic E-state index is 12.7. The largest absolute Gasteiger partial charge is 0.434 e. The lowest BCUT2D eigenvalue weighted by molar-refractivity contribution is -0.140. The van der Waals surface area contributed by atoms with E-state index in [0.717, 1.165) is 10.8 Å². The third-order valence-corrected chi connectivity index (χ3v) is 2.79. The highest BCUT2D eigenvalue weighted by Crippen LogP contribution is 2.31. The fourth-order valence-electron chi connectivity index (χ4n) is 1.80. The molecule has 0 saturated carbocycles. The van der Waals surface area contributed by atoms with E-state index in [4.69, 9.17) is 5.11 Å². The van der Waals surface area contributed by atoms with E-state index in [0.29, 0.717) is 11.1 Å². The van der Waals surface area contributed by atoms with Crippen molar-refractivity contribution in [1.82, 2.24) is 9.55 Å². The van der Waals surface area contributed by atoms with Crippen LogP contribution in [0.5, 0.6) is 0 Å². The molecule has 0 amide bonds. The normalized spacial score (nSPS) is 11.8. The first-order valence-corrected chi connectivity index (χ1v) is 5.86. The van der Waals surface area contributed by atoms with Gasteiger partial charge in [0, 0.05) is 11.8 Å². The molecule has 1 aromatic carbocycles. The Kier molecular flexibility index (Phi) is 4.08. The number of aromatic nitrogens is 2. The molecule has 1 aromatic heterocycles. The van der Waals surface area contributed by atoms with Crippen molar-refractivity contribution in [3.63, 3.8) is 0 Å². The van der Waals surface area contributed by atoms with Gasteiger partial charge in [-0.05, 0) is 5.56 Å². The summed E-state index contributed by atoms with van der Waals surface area (Å²) in [6.07, 6.45) is -3.77. The van der Waals surface area contributed by atoms with Gasteiger partial charge in [0.2, 0.25) is 0 Å². The molecule has 20 heavy (non-hydrogen) atoms. The van der Waals surface area contributed by atoms with Gasteiger partial charge in [-0.15, -0.1) is 0 Å². The van der Waals surface area contributed by atoms with Gasteiger partial charge in [0.15, 0.2) is 5.69 Å². The highest BCUT2D eigenvalue weighted by molar-refractivity contribution is 5.56. The van der Waals surface area contributed by atoms with Crippen LogP contribution in [0.1, 0.15) is 11.3 Å². The van der Waals surface area contributed by atoms with Crippen molar-refractivity contribution < 1.29 is 22.7 Å². The van der Waals surface area contributed by atoms with Crippen LogP contribution in [0.25, 0.3) is 11.4 Å². The molecule has 3 nitrogen and oxygen atoms in total. The van der Waals surface area contributed by atoms with Crippen LogP contribution in [0.4, 0.5) is 17.6 Å². The molecular weight excluding hydrogens is 276 g/mol. The third kappa shape index (κ3) is 2.98. The summed E-state index contributed by atoms with van der Waals surface area (Å²) in [5.41, 5.74) is 0.0201. The second kappa shape index (κ2) is 5.62. The first kappa shape index (κ1) is 14.5. The Balaban J connectivity index is 2.44. The van der Waals surface area contributed by atoms with Crippen molar-refractivity contribution in [2.45, 2.75) is 19.3 Å². The fourth-order valence-corrected chi connectivity index (χ4v) is 1.80.